The molecule has 9 heteroatoms. The van der Waals surface area contributed by atoms with E-state index in [0.29, 0.717) is 30.6 Å². The number of nitrogens with one attached hydrogen (secondary N) is 1. The van der Waals surface area contributed by atoms with Gasteiger partial charge in [-0.15, -0.1) is 0 Å². The zero-order valence-electron chi connectivity index (χ0n) is 20.4. The number of hydrogen-bond donors (Lipinski definition) is 1. The smallest absolute Gasteiger partial charge is 0.255 e. The van der Waals surface area contributed by atoms with E-state index >= 15 is 0 Å². The standard InChI is InChI=1S/C27H33F2N3O4/c1-16-6-9-23(25(33)30-16)32-13-17-10-18(7-8-21(17)26(32)34)36-24-5-3-2-4-22(24)31-14-20(15-31)35-19-11-27(28,29)12-19/h7-8,10,19-20,22-24H,1-6,9,11-15H2,(H,30,33). The van der Waals surface area contributed by atoms with Gasteiger partial charge in [-0.2, -0.15) is 0 Å². The molecule has 0 radical (unpaired) electrons. The molecule has 4 fully saturated rings. The van der Waals surface area contributed by atoms with E-state index in [1.54, 1.807) is 4.90 Å². The summed E-state index contributed by atoms with van der Waals surface area (Å²) in [6.07, 6.45) is 4.94. The van der Waals surface area contributed by atoms with Crippen molar-refractivity contribution < 1.29 is 27.8 Å². The molecule has 5 aliphatic rings. The molecule has 2 saturated carbocycles. The quantitative estimate of drug-likeness (QED) is 0.645. The van der Waals surface area contributed by atoms with Gasteiger partial charge in [-0.05, 0) is 55.9 Å². The van der Waals surface area contributed by atoms with E-state index in [-0.39, 0.29) is 49.0 Å². The Morgan fingerprint density at radius 3 is 2.58 bits per heavy atom. The van der Waals surface area contributed by atoms with E-state index in [1.807, 2.05) is 18.2 Å². The third-order valence-corrected chi connectivity index (χ3v) is 8.35. The lowest BCUT2D eigenvalue weighted by molar-refractivity contribution is -0.207. The fourth-order valence-corrected chi connectivity index (χ4v) is 6.31. The predicted molar refractivity (Wildman–Crippen MR) is 128 cm³/mol. The maximum Gasteiger partial charge on any atom is 0.255 e. The molecule has 7 nitrogen and oxygen atoms in total. The van der Waals surface area contributed by atoms with Crippen LogP contribution in [0.4, 0.5) is 8.78 Å². The van der Waals surface area contributed by atoms with E-state index in [2.05, 4.69) is 16.8 Å². The van der Waals surface area contributed by atoms with Crippen LogP contribution in [0.3, 0.4) is 0 Å². The Hall–Kier alpha value is -2.52. The zero-order chi connectivity index (χ0) is 25.0. The summed E-state index contributed by atoms with van der Waals surface area (Å²) in [6.45, 7) is 5.74. The fraction of sp³-hybridized carbons (Fsp3) is 0.630. The van der Waals surface area contributed by atoms with Crippen molar-refractivity contribution in [3.8, 4) is 5.75 Å². The highest BCUT2D eigenvalue weighted by atomic mass is 19.3. The number of rotatable bonds is 6. The Morgan fingerprint density at radius 1 is 1.06 bits per heavy atom. The number of carbonyl (C=O) groups excluding carboxylic acids is 2. The van der Waals surface area contributed by atoms with Crippen molar-refractivity contribution in [2.24, 2.45) is 0 Å². The number of likely N-dealkylation sites (tertiary alicyclic amines) is 1. The van der Waals surface area contributed by atoms with Gasteiger partial charge in [0.25, 0.3) is 11.8 Å². The van der Waals surface area contributed by atoms with Crippen LogP contribution < -0.4 is 10.1 Å². The molecule has 3 atom stereocenters. The van der Waals surface area contributed by atoms with Crippen LogP contribution in [0.2, 0.25) is 0 Å². The third-order valence-electron chi connectivity index (χ3n) is 8.35. The number of fused-ring (bicyclic) bond motifs is 1. The minimum absolute atomic E-state index is 0.0276. The Balaban J connectivity index is 1.07. The first kappa shape index (κ1) is 23.9. The second-order valence-corrected chi connectivity index (χ2v) is 11.0. The molecule has 36 heavy (non-hydrogen) atoms. The van der Waals surface area contributed by atoms with Gasteiger partial charge < -0.3 is 19.7 Å². The van der Waals surface area contributed by atoms with Crippen LogP contribution in [-0.2, 0) is 16.1 Å². The topological polar surface area (TPSA) is 71.1 Å². The molecule has 0 aromatic heterocycles. The van der Waals surface area contributed by atoms with Crippen LogP contribution in [0.1, 0.15) is 67.3 Å². The number of amides is 2. The van der Waals surface area contributed by atoms with E-state index < -0.39 is 12.0 Å². The highest BCUT2D eigenvalue weighted by Crippen LogP contribution is 2.41. The second-order valence-electron chi connectivity index (χ2n) is 11.0. The summed E-state index contributed by atoms with van der Waals surface area (Å²) in [7, 11) is 0. The predicted octanol–water partition coefficient (Wildman–Crippen LogP) is 3.62. The molecule has 0 bridgehead atoms. The number of carbonyl (C=O) groups is 2. The number of alkyl halides is 2. The van der Waals surface area contributed by atoms with Crippen molar-refractivity contribution >= 4 is 11.8 Å². The highest BCUT2D eigenvalue weighted by molar-refractivity contribution is 6.01. The Morgan fingerprint density at radius 2 is 1.83 bits per heavy atom. The second kappa shape index (κ2) is 9.10. The lowest BCUT2D eigenvalue weighted by Crippen LogP contribution is -2.62. The van der Waals surface area contributed by atoms with Crippen molar-refractivity contribution in [1.82, 2.24) is 15.1 Å². The minimum Gasteiger partial charge on any atom is -0.489 e. The number of benzene rings is 1. The normalized spacial score (nSPS) is 31.0. The van der Waals surface area contributed by atoms with Gasteiger partial charge in [0.2, 0.25) is 5.91 Å². The van der Waals surface area contributed by atoms with Gasteiger partial charge in [0.15, 0.2) is 0 Å². The molecule has 2 aliphatic carbocycles. The molecular weight excluding hydrogens is 468 g/mol. The number of piperidine rings is 1. The molecule has 2 saturated heterocycles. The first-order chi connectivity index (χ1) is 17.3. The molecule has 1 aromatic rings. The summed E-state index contributed by atoms with van der Waals surface area (Å²) >= 11 is 0. The van der Waals surface area contributed by atoms with Gasteiger partial charge in [-0.25, -0.2) is 8.78 Å². The van der Waals surface area contributed by atoms with E-state index in [0.717, 1.165) is 50.1 Å². The monoisotopic (exact) mass is 501 g/mol. The Kier molecular flexibility index (Phi) is 6.03. The maximum atomic E-state index is 13.1. The van der Waals surface area contributed by atoms with Crippen LogP contribution in [0, 0.1) is 0 Å². The molecule has 3 unspecified atom stereocenters. The summed E-state index contributed by atoms with van der Waals surface area (Å²) in [5, 5.41) is 2.77. The van der Waals surface area contributed by atoms with Gasteiger partial charge in [0.1, 0.15) is 17.9 Å². The van der Waals surface area contributed by atoms with Gasteiger partial charge in [0, 0.05) is 49.8 Å². The zero-order valence-corrected chi connectivity index (χ0v) is 20.4. The number of halogens is 2. The van der Waals surface area contributed by atoms with Crippen LogP contribution >= 0.6 is 0 Å². The summed E-state index contributed by atoms with van der Waals surface area (Å²) in [6, 6.07) is 5.40. The van der Waals surface area contributed by atoms with Crippen molar-refractivity contribution in [3.05, 3.63) is 41.6 Å². The Bertz CT molecular complexity index is 1070. The molecule has 0 spiro atoms. The largest absolute Gasteiger partial charge is 0.489 e. The molecule has 3 aliphatic heterocycles. The number of nitrogens with zero attached hydrogens (tertiary/aromatic N) is 2. The van der Waals surface area contributed by atoms with E-state index in [9.17, 15) is 18.4 Å². The SMILES string of the molecule is C=C1CCC(N2Cc3cc(OC4CCCCC4N4CC(OC5CC(F)(F)C5)C4)ccc3C2=O)C(=O)N1. The molecule has 2 amide bonds. The fourth-order valence-electron chi connectivity index (χ4n) is 6.31. The van der Waals surface area contributed by atoms with Crippen molar-refractivity contribution in [2.75, 3.05) is 13.1 Å². The Labute approximate surface area is 209 Å². The van der Waals surface area contributed by atoms with Gasteiger partial charge in [-0.1, -0.05) is 13.0 Å². The van der Waals surface area contributed by atoms with Crippen LogP contribution in [-0.4, -0.2) is 71.0 Å². The van der Waals surface area contributed by atoms with Crippen molar-refractivity contribution in [1.29, 1.82) is 0 Å². The van der Waals surface area contributed by atoms with Gasteiger partial charge >= 0.3 is 0 Å². The first-order valence-electron chi connectivity index (χ1n) is 13.1. The van der Waals surface area contributed by atoms with Crippen molar-refractivity contribution in [3.63, 3.8) is 0 Å². The third kappa shape index (κ3) is 4.52. The highest BCUT2D eigenvalue weighted by Gasteiger charge is 2.49. The summed E-state index contributed by atoms with van der Waals surface area (Å²) in [5.41, 5.74) is 2.21. The van der Waals surface area contributed by atoms with Crippen LogP contribution in [0.25, 0.3) is 0 Å². The summed E-state index contributed by atoms with van der Waals surface area (Å²) in [5.74, 6) is -2.09. The van der Waals surface area contributed by atoms with E-state index in [4.69, 9.17) is 9.47 Å². The molecule has 1 N–H and O–H groups in total. The summed E-state index contributed by atoms with van der Waals surface area (Å²) in [4.78, 5) is 29.5. The molecule has 3 heterocycles. The average molecular weight is 502 g/mol. The van der Waals surface area contributed by atoms with Crippen LogP contribution in [0.15, 0.2) is 30.5 Å². The molecule has 6 rings (SSSR count). The van der Waals surface area contributed by atoms with Gasteiger partial charge in [0.05, 0.1) is 12.2 Å². The number of ether oxygens (including phenoxy) is 2. The number of hydrogen-bond acceptors (Lipinski definition) is 5. The average Bonchev–Trinajstić information content (AvgIpc) is 3.11. The lowest BCUT2D eigenvalue weighted by atomic mass is 9.88. The summed E-state index contributed by atoms with van der Waals surface area (Å²) < 4.78 is 38.5. The lowest BCUT2D eigenvalue weighted by Gasteiger charge is -2.50. The first-order valence-corrected chi connectivity index (χ1v) is 13.1. The molecular formula is C27H33F2N3O4. The van der Waals surface area contributed by atoms with Crippen LogP contribution in [0.5, 0.6) is 5.75 Å². The molecule has 1 aromatic carbocycles. The van der Waals surface area contributed by atoms with Crippen molar-refractivity contribution in [2.45, 2.75) is 94.2 Å². The number of allylic oxidation sites excluding steroid dienone is 1. The maximum absolute atomic E-state index is 13.1. The van der Waals surface area contributed by atoms with E-state index in [1.165, 1.54) is 0 Å². The van der Waals surface area contributed by atoms with Gasteiger partial charge in [-0.3, -0.25) is 14.5 Å². The molecule has 194 valence electrons. The minimum atomic E-state index is -2.55.